The zero-order valence-electron chi connectivity index (χ0n) is 13.9. The molecule has 0 amide bonds. The van der Waals surface area contributed by atoms with Gasteiger partial charge in [0.05, 0.1) is 10.5 Å². The summed E-state index contributed by atoms with van der Waals surface area (Å²) in [6, 6.07) is 4.10. The molecule has 1 heterocycles. The highest BCUT2D eigenvalue weighted by Gasteiger charge is 2.39. The van der Waals surface area contributed by atoms with Gasteiger partial charge in [0.15, 0.2) is 0 Å². The zero-order chi connectivity index (χ0) is 18.8. The van der Waals surface area contributed by atoms with Crippen molar-refractivity contribution in [2.45, 2.75) is 37.8 Å². The lowest BCUT2D eigenvalue weighted by Gasteiger charge is -2.23. The van der Waals surface area contributed by atoms with Crippen molar-refractivity contribution in [3.63, 3.8) is 0 Å². The van der Waals surface area contributed by atoms with Gasteiger partial charge in [0.1, 0.15) is 0 Å². The molecule has 0 bridgehead atoms. The van der Waals surface area contributed by atoms with Crippen molar-refractivity contribution < 1.29 is 21.6 Å². The smallest absolute Gasteiger partial charge is 0.322 e. The first-order chi connectivity index (χ1) is 11.6. The van der Waals surface area contributed by atoms with Gasteiger partial charge in [-0.2, -0.15) is 17.5 Å². The summed E-state index contributed by atoms with van der Waals surface area (Å²) in [4.78, 5) is 12.8. The summed E-state index contributed by atoms with van der Waals surface area (Å²) in [5.41, 5.74) is -1.90. The fourth-order valence-electron chi connectivity index (χ4n) is 2.61. The van der Waals surface area contributed by atoms with Crippen LogP contribution in [-0.4, -0.2) is 30.8 Å². The highest BCUT2D eigenvalue weighted by atomic mass is 32.2. The fraction of sp³-hybridized carbons (Fsp3) is 0.438. The molecule has 0 fully saturated rings. The highest BCUT2D eigenvalue weighted by molar-refractivity contribution is 7.89. The van der Waals surface area contributed by atoms with Crippen molar-refractivity contribution in [2.75, 3.05) is 13.1 Å². The van der Waals surface area contributed by atoms with Gasteiger partial charge >= 0.3 is 6.18 Å². The average Bonchev–Trinajstić information content (AvgIpc) is 2.52. The van der Waals surface area contributed by atoms with Gasteiger partial charge in [0.25, 0.3) is 0 Å². The van der Waals surface area contributed by atoms with Gasteiger partial charge in [0, 0.05) is 24.7 Å². The highest BCUT2D eigenvalue weighted by Crippen LogP contribution is 2.37. The van der Waals surface area contributed by atoms with Crippen molar-refractivity contribution in [3.8, 4) is 0 Å². The van der Waals surface area contributed by atoms with Crippen LogP contribution in [0.25, 0.3) is 10.9 Å². The van der Waals surface area contributed by atoms with Crippen molar-refractivity contribution in [1.29, 1.82) is 0 Å². The summed E-state index contributed by atoms with van der Waals surface area (Å²) in [6.07, 6.45) is -3.89. The van der Waals surface area contributed by atoms with Crippen LogP contribution in [0.1, 0.15) is 32.3 Å². The van der Waals surface area contributed by atoms with E-state index in [0.29, 0.717) is 18.9 Å². The lowest BCUT2D eigenvalue weighted by Crippen LogP contribution is -2.34. The molecule has 0 saturated heterocycles. The number of fused-ring (bicyclic) bond motifs is 1. The maximum absolute atomic E-state index is 13.5. The Balaban J connectivity index is 2.77. The molecular formula is C16H19F3N2O3S. The number of rotatable bonds is 6. The number of nitrogens with zero attached hydrogens (tertiary/aromatic N) is 1. The number of hydrogen-bond acceptors (Lipinski definition) is 3. The van der Waals surface area contributed by atoms with Crippen LogP contribution < -0.4 is 5.56 Å². The number of benzene rings is 1. The number of H-pyrrole nitrogens is 1. The second-order valence-electron chi connectivity index (χ2n) is 5.66. The van der Waals surface area contributed by atoms with Gasteiger partial charge in [-0.25, -0.2) is 8.42 Å². The molecule has 5 nitrogen and oxygen atoms in total. The Hall–Kier alpha value is -1.87. The van der Waals surface area contributed by atoms with Crippen molar-refractivity contribution in [3.05, 3.63) is 40.2 Å². The molecule has 1 aromatic carbocycles. The molecular weight excluding hydrogens is 357 g/mol. The summed E-state index contributed by atoms with van der Waals surface area (Å²) < 4.78 is 67.2. The molecule has 0 saturated carbocycles. The predicted molar refractivity (Wildman–Crippen MR) is 88.9 cm³/mol. The van der Waals surface area contributed by atoms with Crippen LogP contribution in [0.4, 0.5) is 13.2 Å². The normalized spacial score (nSPS) is 12.9. The molecule has 2 aromatic rings. The van der Waals surface area contributed by atoms with Crippen LogP contribution in [0.3, 0.4) is 0 Å². The van der Waals surface area contributed by atoms with E-state index in [2.05, 4.69) is 4.98 Å². The van der Waals surface area contributed by atoms with E-state index in [1.807, 2.05) is 0 Å². The minimum Gasteiger partial charge on any atom is -0.322 e. The molecule has 9 heteroatoms. The Morgan fingerprint density at radius 3 is 2.20 bits per heavy atom. The van der Waals surface area contributed by atoms with Crippen LogP contribution in [0.5, 0.6) is 0 Å². The number of hydrogen-bond donors (Lipinski definition) is 1. The summed E-state index contributed by atoms with van der Waals surface area (Å²) in [7, 11) is -4.32. The first kappa shape index (κ1) is 19.5. The molecule has 2 rings (SSSR count). The zero-order valence-corrected chi connectivity index (χ0v) is 14.7. The van der Waals surface area contributed by atoms with Gasteiger partial charge in [0.2, 0.25) is 15.6 Å². The lowest BCUT2D eigenvalue weighted by atomic mass is 10.1. The topological polar surface area (TPSA) is 70.2 Å². The van der Waals surface area contributed by atoms with E-state index in [0.717, 1.165) is 16.4 Å². The summed E-state index contributed by atoms with van der Waals surface area (Å²) >= 11 is 0. The van der Waals surface area contributed by atoms with Crippen LogP contribution in [-0.2, 0) is 16.2 Å². The Morgan fingerprint density at radius 2 is 1.68 bits per heavy atom. The lowest BCUT2D eigenvalue weighted by molar-refractivity contribution is -0.139. The molecule has 1 N–H and O–H groups in total. The molecule has 0 atom stereocenters. The third-order valence-electron chi connectivity index (χ3n) is 3.69. The van der Waals surface area contributed by atoms with Crippen molar-refractivity contribution in [1.82, 2.24) is 9.29 Å². The van der Waals surface area contributed by atoms with Crippen LogP contribution in [0.15, 0.2) is 34.0 Å². The van der Waals surface area contributed by atoms with Crippen LogP contribution in [0.2, 0.25) is 0 Å². The Labute approximate surface area is 143 Å². The average molecular weight is 376 g/mol. The van der Waals surface area contributed by atoms with Gasteiger partial charge in [-0.3, -0.25) is 4.79 Å². The Bertz CT molecular complexity index is 914. The van der Waals surface area contributed by atoms with Crippen molar-refractivity contribution >= 4 is 20.9 Å². The minimum absolute atomic E-state index is 0.0590. The molecule has 0 aliphatic carbocycles. The molecule has 25 heavy (non-hydrogen) atoms. The molecule has 0 aliphatic rings. The number of aromatic nitrogens is 1. The van der Waals surface area contributed by atoms with E-state index in [-0.39, 0.29) is 24.0 Å². The third-order valence-corrected chi connectivity index (χ3v) is 5.63. The minimum atomic E-state index is -4.87. The van der Waals surface area contributed by atoms with Gasteiger partial charge < -0.3 is 4.98 Å². The number of aromatic amines is 1. The molecule has 1 aromatic heterocycles. The largest absolute Gasteiger partial charge is 0.417 e. The van der Waals surface area contributed by atoms with E-state index in [1.165, 1.54) is 6.07 Å². The van der Waals surface area contributed by atoms with E-state index < -0.39 is 32.2 Å². The SMILES string of the molecule is CCCN(CCC)S(=O)(=O)c1cc2ccc(=O)[nH]c2cc1C(F)(F)F. The number of alkyl halides is 3. The molecule has 0 radical (unpaired) electrons. The number of sulfonamides is 1. The van der Waals surface area contributed by atoms with Gasteiger partial charge in [-0.15, -0.1) is 0 Å². The molecule has 0 unspecified atom stereocenters. The summed E-state index contributed by atoms with van der Waals surface area (Å²) in [5, 5.41) is 0.221. The van der Waals surface area contributed by atoms with E-state index in [1.54, 1.807) is 13.8 Å². The monoisotopic (exact) mass is 376 g/mol. The molecule has 138 valence electrons. The second kappa shape index (κ2) is 7.17. The Morgan fingerprint density at radius 1 is 1.08 bits per heavy atom. The van der Waals surface area contributed by atoms with Gasteiger partial charge in [-0.1, -0.05) is 13.8 Å². The molecule has 0 spiro atoms. The molecule has 0 aliphatic heterocycles. The summed E-state index contributed by atoms with van der Waals surface area (Å²) in [5.74, 6) is 0. The number of pyridine rings is 1. The van der Waals surface area contributed by atoms with E-state index >= 15 is 0 Å². The second-order valence-corrected chi connectivity index (χ2v) is 7.57. The Kier molecular flexibility index (Phi) is 5.58. The van der Waals surface area contributed by atoms with Crippen molar-refractivity contribution in [2.24, 2.45) is 0 Å². The van der Waals surface area contributed by atoms with Gasteiger partial charge in [-0.05, 0) is 36.4 Å². The third kappa shape index (κ3) is 4.04. The first-order valence-electron chi connectivity index (χ1n) is 7.85. The van der Waals surface area contributed by atoms with E-state index in [4.69, 9.17) is 0 Å². The summed E-state index contributed by atoms with van der Waals surface area (Å²) in [6.45, 7) is 3.79. The first-order valence-corrected chi connectivity index (χ1v) is 9.29. The quantitative estimate of drug-likeness (QED) is 0.840. The van der Waals surface area contributed by atoms with Crippen LogP contribution >= 0.6 is 0 Å². The maximum Gasteiger partial charge on any atom is 0.417 e. The standard InChI is InChI=1S/C16H19F3N2O3S/c1-3-7-21(8-4-2)25(23,24)14-9-11-5-6-15(22)20-13(11)10-12(14)16(17,18)19/h5-6,9-10H,3-4,7-8H2,1-2H3,(H,20,22). The number of halogens is 3. The maximum atomic E-state index is 13.5. The number of nitrogens with one attached hydrogen (secondary N) is 1. The predicted octanol–water partition coefficient (Wildman–Crippen LogP) is 3.36. The van der Waals surface area contributed by atoms with Crippen LogP contribution in [0, 0.1) is 0 Å². The van der Waals surface area contributed by atoms with E-state index in [9.17, 15) is 26.4 Å². The fourth-order valence-corrected chi connectivity index (χ4v) is 4.46.